The predicted molar refractivity (Wildman–Crippen MR) is 177 cm³/mol. The smallest absolute Gasteiger partial charge is 0.124 e. The van der Waals surface area contributed by atoms with Gasteiger partial charge in [0, 0.05) is 11.1 Å². The summed E-state index contributed by atoms with van der Waals surface area (Å²) in [4.78, 5) is 0. The minimum absolute atomic E-state index is 0.324. The summed E-state index contributed by atoms with van der Waals surface area (Å²) in [6, 6.07) is 52.8. The van der Waals surface area contributed by atoms with Gasteiger partial charge >= 0.3 is 0 Å². The van der Waals surface area contributed by atoms with Gasteiger partial charge in [-0.05, 0) is 66.3 Å². The van der Waals surface area contributed by atoms with Crippen LogP contribution in [0.5, 0.6) is 11.5 Å². The van der Waals surface area contributed by atoms with E-state index in [4.69, 9.17) is 0 Å². The molecule has 0 bridgehead atoms. The molecule has 0 radical (unpaired) electrons. The van der Waals surface area contributed by atoms with Crippen LogP contribution < -0.4 is 0 Å². The van der Waals surface area contributed by atoms with Gasteiger partial charge in [-0.25, -0.2) is 0 Å². The molecule has 0 amide bonds. The second-order valence-corrected chi connectivity index (χ2v) is 10.4. The molecule has 200 valence electrons. The van der Waals surface area contributed by atoms with E-state index in [1.807, 2.05) is 72.8 Å². The lowest BCUT2D eigenvalue weighted by Gasteiger charge is -2.12. The maximum atomic E-state index is 10.4. The van der Waals surface area contributed by atoms with E-state index in [2.05, 4.69) is 72.8 Å². The van der Waals surface area contributed by atoms with Crippen LogP contribution in [0.2, 0.25) is 0 Å². The van der Waals surface area contributed by atoms with Gasteiger partial charge in [-0.3, -0.25) is 0 Å². The molecule has 0 unspecified atom stereocenters. The van der Waals surface area contributed by atoms with E-state index in [1.165, 1.54) is 10.8 Å². The van der Waals surface area contributed by atoms with Crippen molar-refractivity contribution in [2.45, 2.75) is 0 Å². The fourth-order valence-electron chi connectivity index (χ4n) is 5.97. The quantitative estimate of drug-likeness (QED) is 0.229. The van der Waals surface area contributed by atoms with Crippen molar-refractivity contribution < 1.29 is 10.2 Å². The molecule has 2 nitrogen and oxygen atoms in total. The molecular formula is C40H28O2. The summed E-state index contributed by atoms with van der Waals surface area (Å²) >= 11 is 0. The van der Waals surface area contributed by atoms with Crippen LogP contribution in [-0.4, -0.2) is 10.2 Å². The van der Waals surface area contributed by atoms with Crippen molar-refractivity contribution >= 4 is 43.1 Å². The number of fused-ring (bicyclic) bond motifs is 4. The lowest BCUT2D eigenvalue weighted by molar-refractivity contribution is 0.477. The van der Waals surface area contributed by atoms with Gasteiger partial charge in [-0.1, -0.05) is 146 Å². The molecule has 0 aliphatic rings. The maximum Gasteiger partial charge on any atom is 0.124 e. The zero-order valence-corrected chi connectivity index (χ0v) is 22.9. The number of hydrogen-bond acceptors (Lipinski definition) is 2. The zero-order chi connectivity index (χ0) is 28.5. The van der Waals surface area contributed by atoms with Gasteiger partial charge in [-0.15, -0.1) is 0 Å². The molecule has 0 saturated heterocycles. The average Bonchev–Trinajstić information content (AvgIpc) is 3.05. The van der Waals surface area contributed by atoms with E-state index >= 15 is 0 Å². The van der Waals surface area contributed by atoms with Gasteiger partial charge in [0.2, 0.25) is 0 Å². The summed E-state index contributed by atoms with van der Waals surface area (Å²) in [5.41, 5.74) is 3.96. The average molecular weight is 541 g/mol. The summed E-state index contributed by atoms with van der Waals surface area (Å²) in [7, 11) is 0. The molecule has 0 atom stereocenters. The van der Waals surface area contributed by atoms with E-state index in [0.29, 0.717) is 11.5 Å². The molecule has 2 N–H and O–H groups in total. The molecule has 0 saturated carbocycles. The van der Waals surface area contributed by atoms with Gasteiger partial charge in [0.15, 0.2) is 0 Å². The lowest BCUT2D eigenvalue weighted by atomic mass is 9.93. The minimum Gasteiger partial charge on any atom is -0.507 e. The molecule has 8 aromatic rings. The number of phenols is 2. The van der Waals surface area contributed by atoms with E-state index in [9.17, 15) is 10.2 Å². The van der Waals surface area contributed by atoms with Gasteiger partial charge < -0.3 is 10.2 Å². The topological polar surface area (TPSA) is 40.5 Å². The van der Waals surface area contributed by atoms with Crippen molar-refractivity contribution in [2.75, 3.05) is 0 Å². The van der Waals surface area contributed by atoms with E-state index in [0.717, 1.165) is 54.6 Å². The summed E-state index contributed by atoms with van der Waals surface area (Å²) in [5.74, 6) is 0.648. The third kappa shape index (κ3) is 4.49. The lowest BCUT2D eigenvalue weighted by Crippen LogP contribution is -1.85. The van der Waals surface area contributed by atoms with Gasteiger partial charge in [0.25, 0.3) is 0 Å². The van der Waals surface area contributed by atoms with Crippen molar-refractivity contribution in [1.29, 1.82) is 0 Å². The molecule has 0 aliphatic heterocycles. The Morgan fingerprint density at radius 1 is 0.262 bits per heavy atom. The number of benzene rings is 8. The molecule has 8 aromatic carbocycles. The molecular weight excluding hydrogens is 512 g/mol. The molecule has 2 heteroatoms. The van der Waals surface area contributed by atoms with Crippen molar-refractivity contribution in [3.05, 3.63) is 158 Å². The maximum absolute atomic E-state index is 10.4. The van der Waals surface area contributed by atoms with Crippen LogP contribution in [0.3, 0.4) is 0 Å². The first-order valence-electron chi connectivity index (χ1n) is 14.1. The number of aromatic hydroxyl groups is 2. The van der Waals surface area contributed by atoms with Crippen molar-refractivity contribution in [2.24, 2.45) is 0 Å². The predicted octanol–water partition coefficient (Wildman–Crippen LogP) is 10.7. The van der Waals surface area contributed by atoms with Gasteiger partial charge in [0.05, 0.1) is 0 Å². The Bertz CT molecular complexity index is 2060. The number of rotatable bonds is 2. The van der Waals surface area contributed by atoms with Crippen LogP contribution in [0.15, 0.2) is 158 Å². The summed E-state index contributed by atoms with van der Waals surface area (Å²) in [5, 5.41) is 30.0. The van der Waals surface area contributed by atoms with Crippen LogP contribution >= 0.6 is 0 Å². The van der Waals surface area contributed by atoms with Crippen LogP contribution in [-0.2, 0) is 0 Å². The fourth-order valence-corrected chi connectivity index (χ4v) is 5.97. The highest BCUT2D eigenvalue weighted by molar-refractivity contribution is 6.08. The van der Waals surface area contributed by atoms with Crippen LogP contribution in [0.25, 0.3) is 65.3 Å². The molecule has 0 fully saturated rings. The number of phenolic OH excluding ortho intramolecular Hbond substituents is 2. The van der Waals surface area contributed by atoms with Gasteiger partial charge in [-0.2, -0.15) is 0 Å². The molecule has 0 aromatic heterocycles. The summed E-state index contributed by atoms with van der Waals surface area (Å²) < 4.78 is 0. The first-order valence-corrected chi connectivity index (χ1v) is 14.1. The third-order valence-electron chi connectivity index (χ3n) is 7.93. The van der Waals surface area contributed by atoms with Crippen molar-refractivity contribution in [3.63, 3.8) is 0 Å². The first kappa shape index (κ1) is 25.4. The van der Waals surface area contributed by atoms with E-state index in [-0.39, 0.29) is 0 Å². The molecule has 8 rings (SSSR count). The highest BCUT2D eigenvalue weighted by Gasteiger charge is 2.13. The summed E-state index contributed by atoms with van der Waals surface area (Å²) in [6.07, 6.45) is 0. The second kappa shape index (κ2) is 10.8. The van der Waals surface area contributed by atoms with E-state index < -0.39 is 0 Å². The Morgan fingerprint density at radius 3 is 0.976 bits per heavy atom. The molecule has 0 spiro atoms. The van der Waals surface area contributed by atoms with Crippen LogP contribution in [0, 0.1) is 0 Å². The van der Waals surface area contributed by atoms with E-state index in [1.54, 1.807) is 12.1 Å². The first-order chi connectivity index (χ1) is 20.7. The fraction of sp³-hybridized carbons (Fsp3) is 0. The zero-order valence-electron chi connectivity index (χ0n) is 22.9. The normalized spacial score (nSPS) is 11.0. The Kier molecular flexibility index (Phi) is 6.50. The van der Waals surface area contributed by atoms with Gasteiger partial charge in [0.1, 0.15) is 11.5 Å². The monoisotopic (exact) mass is 540 g/mol. The Morgan fingerprint density at radius 2 is 0.571 bits per heavy atom. The van der Waals surface area contributed by atoms with Crippen molar-refractivity contribution in [3.8, 4) is 33.8 Å². The standard InChI is InChI=1S/2C20H14O/c2*21-19-13-12-15-7-2-4-10-17(15)20(19)18-11-5-8-14-6-1-3-9-16(14)18/h2*1-13,21H. The molecule has 0 aliphatic carbocycles. The highest BCUT2D eigenvalue weighted by Crippen LogP contribution is 2.41. The minimum atomic E-state index is 0.324. The number of hydrogen-bond donors (Lipinski definition) is 2. The Labute approximate surface area is 244 Å². The third-order valence-corrected chi connectivity index (χ3v) is 7.93. The second-order valence-electron chi connectivity index (χ2n) is 10.4. The molecule has 42 heavy (non-hydrogen) atoms. The summed E-state index contributed by atoms with van der Waals surface area (Å²) in [6.45, 7) is 0. The molecule has 0 heterocycles. The van der Waals surface area contributed by atoms with Crippen LogP contribution in [0.4, 0.5) is 0 Å². The SMILES string of the molecule is Oc1ccc2ccccc2c1-c1cccc2ccccc12.Oc1ccc2ccccc2c1-c1cccc2ccccc12. The Hall–Kier alpha value is -5.60. The highest BCUT2D eigenvalue weighted by atomic mass is 16.3. The largest absolute Gasteiger partial charge is 0.507 e. The Balaban J connectivity index is 0.000000137. The van der Waals surface area contributed by atoms with Crippen LogP contribution in [0.1, 0.15) is 0 Å². The van der Waals surface area contributed by atoms with Crippen molar-refractivity contribution in [1.82, 2.24) is 0 Å².